The molecule has 0 radical (unpaired) electrons. The molecular formula is C13H9Cl3N2O2. The van der Waals surface area contributed by atoms with E-state index in [0.717, 1.165) is 5.56 Å². The van der Waals surface area contributed by atoms with Crippen molar-refractivity contribution >= 4 is 40.8 Å². The Morgan fingerprint density at radius 3 is 2.50 bits per heavy atom. The van der Waals surface area contributed by atoms with Crippen LogP contribution in [0.25, 0.3) is 0 Å². The molecule has 1 aromatic heterocycles. The number of nitrogens with zero attached hydrogens (tertiary/aromatic N) is 2. The van der Waals surface area contributed by atoms with Gasteiger partial charge in [-0.25, -0.2) is 14.8 Å². The number of carboxylic acid groups (broad SMARTS) is 1. The van der Waals surface area contributed by atoms with Crippen LogP contribution < -0.4 is 0 Å². The van der Waals surface area contributed by atoms with E-state index >= 15 is 0 Å². The van der Waals surface area contributed by atoms with E-state index in [-0.39, 0.29) is 11.0 Å². The standard InChI is InChI=1S/C13H9Cl3N2O2/c1-6-9(11(16)18-12(17-6)13(19)20)4-7-2-3-8(14)5-10(7)15/h2-3,5H,4H2,1H3,(H,19,20). The molecule has 0 unspecified atom stereocenters. The summed E-state index contributed by atoms with van der Waals surface area (Å²) in [5.74, 6) is -1.54. The zero-order valence-corrected chi connectivity index (χ0v) is 12.6. The number of aryl methyl sites for hydroxylation is 1. The zero-order chi connectivity index (χ0) is 14.9. The number of aromatic carboxylic acids is 1. The molecule has 1 aromatic carbocycles. The van der Waals surface area contributed by atoms with Crippen LogP contribution in [-0.4, -0.2) is 21.0 Å². The minimum Gasteiger partial charge on any atom is -0.475 e. The first-order chi connectivity index (χ1) is 9.38. The molecule has 0 aliphatic rings. The van der Waals surface area contributed by atoms with Crippen molar-refractivity contribution < 1.29 is 9.90 Å². The summed E-state index contributed by atoms with van der Waals surface area (Å²) in [4.78, 5) is 18.5. The molecule has 0 atom stereocenters. The second-order valence-electron chi connectivity index (χ2n) is 4.12. The first kappa shape index (κ1) is 15.0. The summed E-state index contributed by atoms with van der Waals surface area (Å²) in [6, 6.07) is 5.14. The third-order valence-electron chi connectivity index (χ3n) is 2.74. The summed E-state index contributed by atoms with van der Waals surface area (Å²) in [5.41, 5.74) is 1.96. The maximum atomic E-state index is 10.8. The average Bonchev–Trinajstić information content (AvgIpc) is 2.35. The SMILES string of the molecule is Cc1nc(C(=O)O)nc(Cl)c1Cc1ccc(Cl)cc1Cl. The van der Waals surface area contributed by atoms with Gasteiger partial charge in [-0.3, -0.25) is 0 Å². The van der Waals surface area contributed by atoms with Crippen LogP contribution in [0.1, 0.15) is 27.4 Å². The van der Waals surface area contributed by atoms with E-state index in [1.54, 1.807) is 25.1 Å². The minimum absolute atomic E-state index is 0.112. The van der Waals surface area contributed by atoms with E-state index in [1.165, 1.54) is 0 Å². The Kier molecular flexibility index (Phi) is 4.48. The Morgan fingerprint density at radius 1 is 1.25 bits per heavy atom. The van der Waals surface area contributed by atoms with Gasteiger partial charge in [-0.15, -0.1) is 0 Å². The van der Waals surface area contributed by atoms with Crippen LogP contribution in [0.15, 0.2) is 18.2 Å². The number of carbonyl (C=O) groups is 1. The lowest BCUT2D eigenvalue weighted by Crippen LogP contribution is -2.09. The van der Waals surface area contributed by atoms with E-state index in [1.807, 2.05) is 0 Å². The molecule has 0 saturated heterocycles. The van der Waals surface area contributed by atoms with E-state index in [2.05, 4.69) is 9.97 Å². The summed E-state index contributed by atoms with van der Waals surface area (Å²) < 4.78 is 0. The van der Waals surface area contributed by atoms with Crippen molar-refractivity contribution in [2.24, 2.45) is 0 Å². The summed E-state index contributed by atoms with van der Waals surface area (Å²) >= 11 is 18.0. The third-order valence-corrected chi connectivity index (χ3v) is 3.64. The molecule has 0 aliphatic heterocycles. The van der Waals surface area contributed by atoms with Crippen LogP contribution in [0.2, 0.25) is 15.2 Å². The molecule has 4 nitrogen and oxygen atoms in total. The first-order valence-electron chi connectivity index (χ1n) is 5.58. The van der Waals surface area contributed by atoms with Crippen LogP contribution in [0.5, 0.6) is 0 Å². The van der Waals surface area contributed by atoms with Crippen LogP contribution in [-0.2, 0) is 6.42 Å². The van der Waals surface area contributed by atoms with E-state index in [0.29, 0.717) is 27.7 Å². The predicted octanol–water partition coefficient (Wildman–Crippen LogP) is 4.03. The van der Waals surface area contributed by atoms with Gasteiger partial charge in [-0.05, 0) is 24.6 Å². The highest BCUT2D eigenvalue weighted by Gasteiger charge is 2.15. The van der Waals surface area contributed by atoms with Gasteiger partial charge in [0.15, 0.2) is 0 Å². The number of aromatic nitrogens is 2. The van der Waals surface area contributed by atoms with Crippen molar-refractivity contribution in [2.75, 3.05) is 0 Å². The predicted molar refractivity (Wildman–Crippen MR) is 78.0 cm³/mol. The summed E-state index contributed by atoms with van der Waals surface area (Å²) in [5, 5.41) is 10.0. The van der Waals surface area contributed by atoms with Gasteiger partial charge in [0, 0.05) is 27.7 Å². The number of hydrogen-bond donors (Lipinski definition) is 1. The lowest BCUT2D eigenvalue weighted by Gasteiger charge is -2.09. The van der Waals surface area contributed by atoms with E-state index < -0.39 is 5.97 Å². The molecule has 2 rings (SSSR count). The molecule has 0 bridgehead atoms. The Bertz CT molecular complexity index is 666. The molecule has 1 heterocycles. The number of rotatable bonds is 3. The van der Waals surface area contributed by atoms with Crippen molar-refractivity contribution in [3.63, 3.8) is 0 Å². The number of halogens is 3. The Morgan fingerprint density at radius 2 is 1.95 bits per heavy atom. The van der Waals surface area contributed by atoms with Gasteiger partial charge in [0.25, 0.3) is 0 Å². The highest BCUT2D eigenvalue weighted by Crippen LogP contribution is 2.26. The highest BCUT2D eigenvalue weighted by atomic mass is 35.5. The Balaban J connectivity index is 2.41. The fourth-order valence-electron chi connectivity index (χ4n) is 1.71. The molecule has 0 amide bonds. The number of hydrogen-bond acceptors (Lipinski definition) is 3. The quantitative estimate of drug-likeness (QED) is 0.862. The van der Waals surface area contributed by atoms with Crippen LogP contribution in [0, 0.1) is 6.92 Å². The van der Waals surface area contributed by atoms with E-state index in [9.17, 15) is 4.79 Å². The maximum Gasteiger partial charge on any atom is 0.373 e. The summed E-state index contributed by atoms with van der Waals surface area (Å²) in [7, 11) is 0. The van der Waals surface area contributed by atoms with Gasteiger partial charge in [0.2, 0.25) is 5.82 Å². The van der Waals surface area contributed by atoms with Crippen molar-refractivity contribution in [3.8, 4) is 0 Å². The number of benzene rings is 1. The molecule has 0 spiro atoms. The van der Waals surface area contributed by atoms with Gasteiger partial charge in [0.05, 0.1) is 0 Å². The molecule has 0 aliphatic carbocycles. The van der Waals surface area contributed by atoms with E-state index in [4.69, 9.17) is 39.9 Å². The van der Waals surface area contributed by atoms with Crippen molar-refractivity contribution in [1.82, 2.24) is 9.97 Å². The van der Waals surface area contributed by atoms with Gasteiger partial charge in [-0.2, -0.15) is 0 Å². The lowest BCUT2D eigenvalue weighted by molar-refractivity contribution is 0.0683. The monoisotopic (exact) mass is 330 g/mol. The second-order valence-corrected chi connectivity index (χ2v) is 5.32. The minimum atomic E-state index is -1.22. The molecule has 1 N–H and O–H groups in total. The fourth-order valence-corrected chi connectivity index (χ4v) is 2.47. The summed E-state index contributed by atoms with van der Waals surface area (Å²) in [6.07, 6.45) is 0.403. The van der Waals surface area contributed by atoms with Gasteiger partial charge >= 0.3 is 5.97 Å². The molecule has 2 aromatic rings. The molecule has 0 fully saturated rings. The number of carboxylic acids is 1. The van der Waals surface area contributed by atoms with Gasteiger partial charge < -0.3 is 5.11 Å². The highest BCUT2D eigenvalue weighted by molar-refractivity contribution is 6.35. The molecule has 20 heavy (non-hydrogen) atoms. The first-order valence-corrected chi connectivity index (χ1v) is 6.72. The third kappa shape index (κ3) is 3.20. The average molecular weight is 332 g/mol. The largest absolute Gasteiger partial charge is 0.475 e. The smallest absolute Gasteiger partial charge is 0.373 e. The van der Waals surface area contributed by atoms with Crippen molar-refractivity contribution in [3.05, 3.63) is 56.0 Å². The molecular weight excluding hydrogens is 323 g/mol. The fraction of sp³-hybridized carbons (Fsp3) is 0.154. The van der Waals surface area contributed by atoms with Crippen molar-refractivity contribution in [1.29, 1.82) is 0 Å². The summed E-state index contributed by atoms with van der Waals surface area (Å²) in [6.45, 7) is 1.68. The van der Waals surface area contributed by atoms with Crippen LogP contribution in [0.3, 0.4) is 0 Å². The normalized spacial score (nSPS) is 10.6. The zero-order valence-electron chi connectivity index (χ0n) is 10.3. The lowest BCUT2D eigenvalue weighted by atomic mass is 10.1. The van der Waals surface area contributed by atoms with Crippen LogP contribution in [0.4, 0.5) is 0 Å². The van der Waals surface area contributed by atoms with Gasteiger partial charge in [0.1, 0.15) is 5.15 Å². The second kappa shape index (κ2) is 5.95. The van der Waals surface area contributed by atoms with Gasteiger partial charge in [-0.1, -0.05) is 40.9 Å². The Labute approximate surface area is 130 Å². The molecule has 104 valence electrons. The maximum absolute atomic E-state index is 10.8. The molecule has 7 heteroatoms. The van der Waals surface area contributed by atoms with Crippen molar-refractivity contribution in [2.45, 2.75) is 13.3 Å². The topological polar surface area (TPSA) is 63.1 Å². The molecule has 0 saturated carbocycles. The Hall–Kier alpha value is -1.36. The van der Waals surface area contributed by atoms with Crippen LogP contribution >= 0.6 is 34.8 Å².